The molecule has 17 heavy (non-hydrogen) atoms. The number of primary amides is 1. The lowest BCUT2D eigenvalue weighted by atomic mass is 10.1. The van der Waals surface area contributed by atoms with Crippen molar-refractivity contribution in [2.45, 2.75) is 0 Å². The van der Waals surface area contributed by atoms with Gasteiger partial charge in [-0.2, -0.15) is 0 Å². The lowest BCUT2D eigenvalue weighted by molar-refractivity contribution is -0.114. The van der Waals surface area contributed by atoms with Gasteiger partial charge in [-0.25, -0.2) is 15.2 Å². The quantitative estimate of drug-likeness (QED) is 0.359. The molecule has 0 saturated heterocycles. The molecule has 0 aromatic heterocycles. The number of hydrogen-bond acceptors (Lipinski definition) is 3. The summed E-state index contributed by atoms with van der Waals surface area (Å²) in [5, 5.41) is 4.79. The minimum Gasteiger partial charge on any atom is -0.350 e. The Labute approximate surface area is 95.8 Å². The molecule has 0 aliphatic carbocycles. The normalized spacial score (nSPS) is 12.7. The first-order chi connectivity index (χ1) is 8.16. The predicted molar refractivity (Wildman–Crippen MR) is 60.4 cm³/mol. The van der Waals surface area contributed by atoms with Crippen LogP contribution in [0.15, 0.2) is 39.9 Å². The van der Waals surface area contributed by atoms with E-state index in [0.29, 0.717) is 5.36 Å². The van der Waals surface area contributed by atoms with E-state index in [1.54, 1.807) is 18.2 Å². The van der Waals surface area contributed by atoms with Crippen LogP contribution in [0.5, 0.6) is 0 Å². The molecule has 0 unspecified atom stereocenters. The zero-order chi connectivity index (χ0) is 12.3. The number of hydrogen-bond donors (Lipinski definition) is 2. The Bertz CT molecular complexity index is 669. The van der Waals surface area contributed by atoms with Gasteiger partial charge in [-0.05, 0) is 12.1 Å². The van der Waals surface area contributed by atoms with Crippen molar-refractivity contribution in [3.8, 4) is 0 Å². The first-order valence-electron chi connectivity index (χ1n) is 4.75. The first kappa shape index (κ1) is 10.8. The van der Waals surface area contributed by atoms with Crippen LogP contribution >= 0.6 is 0 Å². The second-order valence-electron chi connectivity index (χ2n) is 3.23. The third-order valence-electron chi connectivity index (χ3n) is 2.03. The molecular formula is C11H8N4O2. The summed E-state index contributed by atoms with van der Waals surface area (Å²) in [6, 6.07) is 6.35. The molecule has 0 radical (unpaired) electrons. The number of hydrazone groups is 1. The number of para-hydroxylation sites is 1. The molecule has 0 saturated carbocycles. The van der Waals surface area contributed by atoms with Crippen LogP contribution in [-0.4, -0.2) is 17.8 Å². The van der Waals surface area contributed by atoms with Crippen LogP contribution < -0.4 is 21.7 Å². The van der Waals surface area contributed by atoms with Crippen LogP contribution in [0.1, 0.15) is 0 Å². The molecule has 84 valence electrons. The average molecular weight is 228 g/mol. The highest BCUT2D eigenvalue weighted by Gasteiger charge is 2.09. The minimum absolute atomic E-state index is 0.164. The van der Waals surface area contributed by atoms with Crippen LogP contribution in [0, 0.1) is 0 Å². The maximum absolute atomic E-state index is 11.5. The number of nitrogens with two attached hydrogens (primary N) is 1. The maximum atomic E-state index is 11.5. The highest BCUT2D eigenvalue weighted by Crippen LogP contribution is 1.96. The van der Waals surface area contributed by atoms with Crippen molar-refractivity contribution in [3.05, 3.63) is 40.4 Å². The Morgan fingerprint density at radius 1 is 1.41 bits per heavy atom. The van der Waals surface area contributed by atoms with E-state index in [2.05, 4.69) is 16.0 Å². The van der Waals surface area contributed by atoms with Gasteiger partial charge in [0.15, 0.2) is 0 Å². The zero-order valence-corrected chi connectivity index (χ0v) is 8.68. The fourth-order valence-corrected chi connectivity index (χ4v) is 1.32. The summed E-state index contributed by atoms with van der Waals surface area (Å²) in [6.07, 6.45) is 1.59. The number of amides is 3. The summed E-state index contributed by atoms with van der Waals surface area (Å²) in [5.74, 6) is 1.91. The number of nitrogens with one attached hydrogen (secondary N) is 1. The van der Waals surface area contributed by atoms with Gasteiger partial charge in [0.2, 0.25) is 0 Å². The molecule has 2 rings (SSSR count). The molecule has 1 aliphatic heterocycles. The summed E-state index contributed by atoms with van der Waals surface area (Å²) >= 11 is 0. The van der Waals surface area contributed by atoms with Gasteiger partial charge in [0, 0.05) is 11.1 Å². The third kappa shape index (κ3) is 2.45. The summed E-state index contributed by atoms with van der Waals surface area (Å²) in [7, 11) is 0. The standard InChI is InChI=1S/C11H8N4O2/c12-11(17)15-13-6-8-5-7-3-1-2-4-9(7)14-10(8)16/h1-5H,(H3,12,15,17). The molecule has 1 aromatic rings. The smallest absolute Gasteiger partial charge is 0.333 e. The van der Waals surface area contributed by atoms with E-state index in [9.17, 15) is 9.59 Å². The highest BCUT2D eigenvalue weighted by atomic mass is 16.2. The number of carbonyl (C=O) groups excluding carboxylic acids is 2. The van der Waals surface area contributed by atoms with Crippen molar-refractivity contribution in [3.63, 3.8) is 0 Å². The molecule has 3 N–H and O–H groups in total. The van der Waals surface area contributed by atoms with Crippen LogP contribution in [0.3, 0.4) is 0 Å². The Morgan fingerprint density at radius 2 is 2.18 bits per heavy atom. The van der Waals surface area contributed by atoms with Gasteiger partial charge in [0.25, 0.3) is 5.91 Å². The van der Waals surface area contributed by atoms with Crippen molar-refractivity contribution in [2.75, 3.05) is 0 Å². The first-order valence-corrected chi connectivity index (χ1v) is 4.75. The molecule has 6 nitrogen and oxygen atoms in total. The summed E-state index contributed by atoms with van der Waals surface area (Å²) < 4.78 is 0. The largest absolute Gasteiger partial charge is 0.350 e. The molecule has 1 aromatic carbocycles. The van der Waals surface area contributed by atoms with Gasteiger partial charge in [-0.15, -0.1) is 5.10 Å². The summed E-state index contributed by atoms with van der Waals surface area (Å²) in [6.45, 7) is 0. The maximum Gasteiger partial charge on any atom is 0.333 e. The Kier molecular flexibility index (Phi) is 2.81. The van der Waals surface area contributed by atoms with Crippen LogP contribution in [-0.2, 0) is 4.79 Å². The average Bonchev–Trinajstić information content (AvgIpc) is 2.29. The number of urea groups is 1. The van der Waals surface area contributed by atoms with Crippen molar-refractivity contribution in [1.82, 2.24) is 5.43 Å². The number of rotatable bonds is 1. The molecule has 0 atom stereocenters. The van der Waals surface area contributed by atoms with Gasteiger partial charge in [-0.1, -0.05) is 18.2 Å². The van der Waals surface area contributed by atoms with Crippen molar-refractivity contribution in [1.29, 1.82) is 0 Å². The van der Waals surface area contributed by atoms with E-state index in [-0.39, 0.29) is 5.57 Å². The van der Waals surface area contributed by atoms with Gasteiger partial charge >= 0.3 is 6.03 Å². The van der Waals surface area contributed by atoms with E-state index >= 15 is 0 Å². The number of fused-ring (bicyclic) bond motifs is 1. The van der Waals surface area contributed by atoms with Crippen molar-refractivity contribution >= 4 is 23.9 Å². The molecule has 3 amide bonds. The summed E-state index contributed by atoms with van der Waals surface area (Å²) in [5.41, 5.74) is 6.93. The fourth-order valence-electron chi connectivity index (χ4n) is 1.32. The second-order valence-corrected chi connectivity index (χ2v) is 3.23. The Morgan fingerprint density at radius 3 is 2.94 bits per heavy atom. The van der Waals surface area contributed by atoms with E-state index in [0.717, 1.165) is 5.22 Å². The monoisotopic (exact) mass is 228 g/mol. The number of carbonyl (C=O) groups is 2. The zero-order valence-electron chi connectivity index (χ0n) is 8.68. The molecule has 6 heteroatoms. The topological polar surface area (TPSA) is 96.9 Å². The van der Waals surface area contributed by atoms with E-state index in [4.69, 9.17) is 5.73 Å². The van der Waals surface area contributed by atoms with Crippen molar-refractivity contribution < 1.29 is 9.59 Å². The SMILES string of the molecule is NC(=O)NN=C=C1C=c2ccccc2=NC1=O. The molecular weight excluding hydrogens is 220 g/mol. The lowest BCUT2D eigenvalue weighted by Crippen LogP contribution is -2.30. The lowest BCUT2D eigenvalue weighted by Gasteiger charge is -1.98. The van der Waals surface area contributed by atoms with E-state index < -0.39 is 11.9 Å². The molecule has 1 aliphatic rings. The van der Waals surface area contributed by atoms with Crippen LogP contribution in [0.4, 0.5) is 4.79 Å². The molecule has 1 heterocycles. The van der Waals surface area contributed by atoms with Crippen molar-refractivity contribution in [2.24, 2.45) is 15.8 Å². The molecule has 0 spiro atoms. The van der Waals surface area contributed by atoms with Gasteiger partial charge in [0.05, 0.1) is 5.36 Å². The van der Waals surface area contributed by atoms with Crippen LogP contribution in [0.2, 0.25) is 0 Å². The summed E-state index contributed by atoms with van der Waals surface area (Å²) in [4.78, 5) is 25.8. The van der Waals surface area contributed by atoms with E-state index in [1.165, 1.54) is 0 Å². The number of nitrogens with zero attached hydrogens (tertiary/aromatic N) is 2. The molecule has 0 fully saturated rings. The second kappa shape index (κ2) is 4.42. The van der Waals surface area contributed by atoms with Gasteiger partial charge in [0.1, 0.15) is 5.57 Å². The Hall–Kier alpha value is -2.72. The minimum atomic E-state index is -0.821. The van der Waals surface area contributed by atoms with Gasteiger partial charge < -0.3 is 5.73 Å². The number of benzene rings is 1. The van der Waals surface area contributed by atoms with Crippen LogP contribution in [0.25, 0.3) is 6.08 Å². The molecule has 0 bridgehead atoms. The Balaban J connectivity index is 2.48. The van der Waals surface area contributed by atoms with Gasteiger partial charge in [-0.3, -0.25) is 4.79 Å². The third-order valence-corrected chi connectivity index (χ3v) is 2.03. The fraction of sp³-hybridized carbons (Fsp3) is 0. The highest BCUT2D eigenvalue weighted by molar-refractivity contribution is 6.10. The predicted octanol–water partition coefficient (Wildman–Crippen LogP) is -1.19. The van der Waals surface area contributed by atoms with E-state index in [1.807, 2.05) is 17.6 Å².